The third kappa shape index (κ3) is 4.31. The fourth-order valence-corrected chi connectivity index (χ4v) is 2.98. The number of hydrogen-bond acceptors (Lipinski definition) is 11. The van der Waals surface area contributed by atoms with Crippen molar-refractivity contribution in [1.29, 1.82) is 0 Å². The van der Waals surface area contributed by atoms with Crippen molar-refractivity contribution in [1.82, 2.24) is 5.32 Å². The Kier molecular flexibility index (Phi) is 7.27. The number of amides is 1. The van der Waals surface area contributed by atoms with E-state index < -0.39 is 80.5 Å². The number of aliphatic hydroxyl groups is 7. The van der Waals surface area contributed by atoms with Crippen LogP contribution < -0.4 is 5.32 Å². The van der Waals surface area contributed by atoms with Crippen LogP contribution in [0.15, 0.2) is 0 Å². The van der Waals surface area contributed by atoms with Crippen molar-refractivity contribution >= 4 is 5.91 Å². The number of carbonyl (C=O) groups excluding carboxylic acids is 1. The molecule has 26 heavy (non-hydrogen) atoms. The highest BCUT2D eigenvalue weighted by atomic mass is 16.7. The molecule has 0 aromatic rings. The van der Waals surface area contributed by atoms with Gasteiger partial charge in [-0.3, -0.25) is 4.79 Å². The van der Waals surface area contributed by atoms with Gasteiger partial charge in [-0.05, 0) is 0 Å². The summed E-state index contributed by atoms with van der Waals surface area (Å²) < 4.78 is 15.7. The maximum atomic E-state index is 11.2. The fourth-order valence-electron chi connectivity index (χ4n) is 2.98. The summed E-state index contributed by atoms with van der Waals surface area (Å²) in [4.78, 5) is 11.2. The average molecular weight is 383 g/mol. The maximum Gasteiger partial charge on any atom is 0.217 e. The van der Waals surface area contributed by atoms with Gasteiger partial charge in [0.1, 0.15) is 48.8 Å². The van der Waals surface area contributed by atoms with E-state index in [1.54, 1.807) is 0 Å². The van der Waals surface area contributed by atoms with Gasteiger partial charge in [0.25, 0.3) is 0 Å². The van der Waals surface area contributed by atoms with Gasteiger partial charge in [-0.15, -0.1) is 0 Å². The van der Waals surface area contributed by atoms with E-state index in [1.807, 2.05) is 0 Å². The monoisotopic (exact) mass is 383 g/mol. The summed E-state index contributed by atoms with van der Waals surface area (Å²) in [6.45, 7) is -0.195. The molecule has 2 heterocycles. The average Bonchev–Trinajstić information content (AvgIpc) is 2.60. The van der Waals surface area contributed by atoms with E-state index in [1.165, 1.54) is 0 Å². The summed E-state index contributed by atoms with van der Waals surface area (Å²) in [5.41, 5.74) is 0. The lowest BCUT2D eigenvalue weighted by Crippen LogP contribution is -2.67. The minimum atomic E-state index is -1.73. The molecule has 2 aliphatic heterocycles. The molecule has 2 fully saturated rings. The number of ether oxygens (including phenoxy) is 3. The number of rotatable bonds is 5. The van der Waals surface area contributed by atoms with E-state index in [0.717, 1.165) is 6.92 Å². The lowest BCUT2D eigenvalue weighted by molar-refractivity contribution is -0.345. The fraction of sp³-hybridized carbons (Fsp3) is 0.929. The molecule has 12 heteroatoms. The van der Waals surface area contributed by atoms with Crippen molar-refractivity contribution in [3.8, 4) is 0 Å². The van der Waals surface area contributed by atoms with Crippen molar-refractivity contribution in [2.24, 2.45) is 0 Å². The molecule has 152 valence electrons. The zero-order valence-electron chi connectivity index (χ0n) is 14.0. The van der Waals surface area contributed by atoms with Gasteiger partial charge in [-0.1, -0.05) is 0 Å². The molecule has 2 aliphatic rings. The normalized spacial score (nSPS) is 46.8. The Morgan fingerprint density at radius 1 is 0.923 bits per heavy atom. The highest BCUT2D eigenvalue weighted by molar-refractivity contribution is 5.73. The molecule has 2 saturated heterocycles. The molecule has 0 aliphatic carbocycles. The third-order valence-corrected chi connectivity index (χ3v) is 4.38. The van der Waals surface area contributed by atoms with E-state index >= 15 is 0 Å². The molecular weight excluding hydrogens is 358 g/mol. The number of hydrogen-bond donors (Lipinski definition) is 8. The maximum absolute atomic E-state index is 11.2. The first-order valence-corrected chi connectivity index (χ1v) is 8.06. The summed E-state index contributed by atoms with van der Waals surface area (Å²) in [7, 11) is 0. The first-order valence-electron chi connectivity index (χ1n) is 8.06. The second-order valence-corrected chi connectivity index (χ2v) is 6.26. The van der Waals surface area contributed by atoms with Crippen LogP contribution in [0.1, 0.15) is 6.92 Å². The highest BCUT2D eigenvalue weighted by Crippen LogP contribution is 2.28. The molecule has 10 atom stereocenters. The summed E-state index contributed by atoms with van der Waals surface area (Å²) >= 11 is 0. The van der Waals surface area contributed by atoms with Crippen LogP contribution in [-0.4, -0.2) is 116 Å². The highest BCUT2D eigenvalue weighted by Gasteiger charge is 2.50. The van der Waals surface area contributed by atoms with E-state index in [4.69, 9.17) is 14.2 Å². The van der Waals surface area contributed by atoms with Crippen LogP contribution in [0.4, 0.5) is 0 Å². The molecule has 0 spiro atoms. The van der Waals surface area contributed by atoms with Gasteiger partial charge >= 0.3 is 0 Å². The van der Waals surface area contributed by atoms with Gasteiger partial charge in [0.05, 0.1) is 13.2 Å². The van der Waals surface area contributed by atoms with Gasteiger partial charge in [-0.2, -0.15) is 0 Å². The topological polar surface area (TPSA) is 198 Å². The number of nitrogens with one attached hydrogen (secondary N) is 1. The van der Waals surface area contributed by atoms with Crippen molar-refractivity contribution in [3.63, 3.8) is 0 Å². The zero-order chi connectivity index (χ0) is 19.6. The molecule has 2 rings (SSSR count). The number of carbonyl (C=O) groups is 1. The summed E-state index contributed by atoms with van der Waals surface area (Å²) in [5.74, 6) is -0.564. The van der Waals surface area contributed by atoms with Crippen LogP contribution >= 0.6 is 0 Å². The predicted octanol–water partition coefficient (Wildman–Crippen LogP) is -5.25. The van der Waals surface area contributed by atoms with Gasteiger partial charge in [-0.25, -0.2) is 0 Å². The Morgan fingerprint density at radius 3 is 2.08 bits per heavy atom. The Morgan fingerprint density at radius 2 is 1.54 bits per heavy atom. The Balaban J connectivity index is 2.16. The number of aliphatic hydroxyl groups excluding tert-OH is 7. The standard InChI is InChI=1S/C14H25NO11/c1-4(18)15-7-9(20)12(6(3-17)24-13(7)23)26-14-11(22)10(21)8(19)5(2-16)25-14/h5-14,16-17,19-23H,2-3H2,1H3,(H,15,18)/t5?,6?,7-,8+,9+,10-,11-,12-,13+,14-/m0/s1. The first kappa shape index (κ1) is 21.4. The van der Waals surface area contributed by atoms with Crippen LogP contribution in [0.25, 0.3) is 0 Å². The minimum Gasteiger partial charge on any atom is -0.394 e. The zero-order valence-corrected chi connectivity index (χ0v) is 14.0. The Hall–Kier alpha value is -0.930. The molecule has 1 amide bonds. The van der Waals surface area contributed by atoms with Crippen LogP contribution in [0.3, 0.4) is 0 Å². The molecule has 8 N–H and O–H groups in total. The van der Waals surface area contributed by atoms with Gasteiger partial charge in [0.2, 0.25) is 5.91 Å². The van der Waals surface area contributed by atoms with Crippen molar-refractivity contribution in [2.45, 2.75) is 68.3 Å². The quantitative estimate of drug-likeness (QED) is 0.226. The molecular formula is C14H25NO11. The van der Waals surface area contributed by atoms with E-state index in [0.29, 0.717) is 0 Å². The summed E-state index contributed by atoms with van der Waals surface area (Å²) in [5, 5.41) is 70.7. The lowest BCUT2D eigenvalue weighted by atomic mass is 9.95. The van der Waals surface area contributed by atoms with Crippen LogP contribution in [0.2, 0.25) is 0 Å². The molecule has 2 unspecified atom stereocenters. The van der Waals surface area contributed by atoms with E-state index in [2.05, 4.69) is 5.32 Å². The van der Waals surface area contributed by atoms with Crippen LogP contribution in [0, 0.1) is 0 Å². The second kappa shape index (κ2) is 8.84. The molecule has 0 bridgehead atoms. The largest absolute Gasteiger partial charge is 0.394 e. The van der Waals surface area contributed by atoms with Crippen LogP contribution in [0.5, 0.6) is 0 Å². The summed E-state index contributed by atoms with van der Waals surface area (Å²) in [6.07, 6.45) is -13.6. The van der Waals surface area contributed by atoms with Crippen LogP contribution in [-0.2, 0) is 19.0 Å². The Labute approximate surface area is 148 Å². The smallest absolute Gasteiger partial charge is 0.217 e. The second-order valence-electron chi connectivity index (χ2n) is 6.26. The van der Waals surface area contributed by atoms with E-state index in [9.17, 15) is 40.5 Å². The van der Waals surface area contributed by atoms with Gasteiger partial charge in [0.15, 0.2) is 12.6 Å². The minimum absolute atomic E-state index is 0.564. The lowest BCUT2D eigenvalue weighted by Gasteiger charge is -2.46. The van der Waals surface area contributed by atoms with Gasteiger partial charge in [0, 0.05) is 6.92 Å². The summed E-state index contributed by atoms with van der Waals surface area (Å²) in [6, 6.07) is -1.29. The first-order chi connectivity index (χ1) is 12.2. The molecule has 12 nitrogen and oxygen atoms in total. The van der Waals surface area contributed by atoms with E-state index in [-0.39, 0.29) is 0 Å². The van der Waals surface area contributed by atoms with Crippen molar-refractivity contribution < 1.29 is 54.8 Å². The predicted molar refractivity (Wildman–Crippen MR) is 80.2 cm³/mol. The molecule has 0 aromatic heterocycles. The van der Waals surface area contributed by atoms with Crippen molar-refractivity contribution in [2.75, 3.05) is 13.2 Å². The third-order valence-electron chi connectivity index (χ3n) is 4.38. The molecule has 0 saturated carbocycles. The SMILES string of the molecule is CC(=O)N[C@H]1[C@@H](O)[C@@H](O[C@@H]2OC(CO)[C@@H](O)[C@H](O)[C@@H]2O)C(CO)O[C@H]1O. The Bertz CT molecular complexity index is 478. The molecule has 0 aromatic carbocycles. The van der Waals surface area contributed by atoms with Crippen molar-refractivity contribution in [3.05, 3.63) is 0 Å². The molecule has 0 radical (unpaired) electrons. The van der Waals surface area contributed by atoms with Gasteiger partial charge < -0.3 is 55.3 Å².